The van der Waals surface area contributed by atoms with Gasteiger partial charge in [-0.1, -0.05) is 6.07 Å². The molecule has 1 aromatic heterocycles. The normalized spacial score (nSPS) is 12.4. The third kappa shape index (κ3) is 3.45. The van der Waals surface area contributed by atoms with E-state index in [-0.39, 0.29) is 12.0 Å². The standard InChI is InChI=1S/C13H12N4O5/c18-12-8(2-1-3-10(12)17(21)22)7-16-9(13(19)20)6-11-14-4-5-15-11/h1-5,7,9,18H,6H2,(H,14,15)(H,19,20)/t9-/m1/s1. The van der Waals surface area contributed by atoms with E-state index in [0.717, 1.165) is 12.3 Å². The lowest BCUT2D eigenvalue weighted by molar-refractivity contribution is -0.385. The first-order valence-electron chi connectivity index (χ1n) is 6.19. The lowest BCUT2D eigenvalue weighted by Gasteiger charge is -2.05. The van der Waals surface area contributed by atoms with Crippen LogP contribution in [0.5, 0.6) is 5.75 Å². The Morgan fingerprint density at radius 1 is 1.55 bits per heavy atom. The molecule has 114 valence electrons. The molecule has 9 nitrogen and oxygen atoms in total. The lowest BCUT2D eigenvalue weighted by Crippen LogP contribution is -2.21. The maximum absolute atomic E-state index is 11.2. The van der Waals surface area contributed by atoms with Gasteiger partial charge in [0.05, 0.1) is 4.92 Å². The number of nitro benzene ring substituents is 1. The number of phenols is 1. The third-order valence-electron chi connectivity index (χ3n) is 2.86. The van der Waals surface area contributed by atoms with Gasteiger partial charge in [-0.2, -0.15) is 0 Å². The van der Waals surface area contributed by atoms with Gasteiger partial charge in [-0.15, -0.1) is 0 Å². The number of aromatic amines is 1. The number of carboxylic acids is 1. The number of imidazole rings is 1. The average molecular weight is 304 g/mol. The molecule has 2 aromatic rings. The first kappa shape index (κ1) is 15.2. The number of phenolic OH excluding ortho intramolecular Hbond substituents is 1. The van der Waals surface area contributed by atoms with E-state index in [1.54, 1.807) is 6.20 Å². The average Bonchev–Trinajstić information content (AvgIpc) is 2.97. The maximum atomic E-state index is 11.2. The molecule has 1 aromatic carbocycles. The Morgan fingerprint density at radius 3 is 2.91 bits per heavy atom. The second kappa shape index (κ2) is 6.48. The zero-order chi connectivity index (χ0) is 16.1. The van der Waals surface area contributed by atoms with Crippen LogP contribution < -0.4 is 0 Å². The molecule has 1 heterocycles. The van der Waals surface area contributed by atoms with E-state index in [9.17, 15) is 20.0 Å². The van der Waals surface area contributed by atoms with Crippen molar-refractivity contribution >= 4 is 17.9 Å². The second-order valence-electron chi connectivity index (χ2n) is 4.34. The van der Waals surface area contributed by atoms with Crippen LogP contribution in [0.3, 0.4) is 0 Å². The number of para-hydroxylation sites is 1. The summed E-state index contributed by atoms with van der Waals surface area (Å²) in [5.41, 5.74) is -0.401. The van der Waals surface area contributed by atoms with E-state index < -0.39 is 28.4 Å². The van der Waals surface area contributed by atoms with Crippen LogP contribution in [0.25, 0.3) is 0 Å². The minimum atomic E-state index is -1.17. The van der Waals surface area contributed by atoms with Crippen LogP contribution in [0.2, 0.25) is 0 Å². The minimum Gasteiger partial charge on any atom is -0.502 e. The zero-order valence-corrected chi connectivity index (χ0v) is 11.2. The Morgan fingerprint density at radius 2 is 2.32 bits per heavy atom. The van der Waals surface area contributed by atoms with Gasteiger partial charge < -0.3 is 15.2 Å². The molecular weight excluding hydrogens is 292 g/mol. The number of aromatic hydroxyl groups is 1. The molecule has 0 saturated carbocycles. The molecule has 3 N–H and O–H groups in total. The fourth-order valence-electron chi connectivity index (χ4n) is 1.77. The molecule has 0 aliphatic heterocycles. The van der Waals surface area contributed by atoms with Gasteiger partial charge in [-0.05, 0) is 6.07 Å². The number of aromatic nitrogens is 2. The van der Waals surface area contributed by atoms with E-state index in [4.69, 9.17) is 5.11 Å². The highest BCUT2D eigenvalue weighted by Gasteiger charge is 2.19. The number of nitro groups is 1. The Hall–Kier alpha value is -3.23. The number of aliphatic imine (C=N–C) groups is 1. The Balaban J connectivity index is 2.23. The quantitative estimate of drug-likeness (QED) is 0.415. The first-order chi connectivity index (χ1) is 10.5. The number of carboxylic acid groups (broad SMARTS) is 1. The number of benzene rings is 1. The smallest absolute Gasteiger partial charge is 0.328 e. The van der Waals surface area contributed by atoms with Crippen molar-refractivity contribution in [2.75, 3.05) is 0 Å². The molecule has 9 heteroatoms. The van der Waals surface area contributed by atoms with Gasteiger partial charge in [-0.25, -0.2) is 9.78 Å². The van der Waals surface area contributed by atoms with E-state index >= 15 is 0 Å². The summed E-state index contributed by atoms with van der Waals surface area (Å²) in [5.74, 6) is -1.27. The van der Waals surface area contributed by atoms with Gasteiger partial charge in [0.15, 0.2) is 6.04 Å². The molecule has 0 radical (unpaired) electrons. The van der Waals surface area contributed by atoms with Crippen LogP contribution in [0, 0.1) is 10.1 Å². The Kier molecular flexibility index (Phi) is 4.47. The molecule has 0 bridgehead atoms. The SMILES string of the molecule is O=C(O)[C@@H](Cc1ncc[nH]1)N=Cc1cccc([N+](=O)[O-])c1O. The summed E-state index contributed by atoms with van der Waals surface area (Å²) < 4.78 is 0. The summed E-state index contributed by atoms with van der Waals surface area (Å²) in [6.45, 7) is 0. The van der Waals surface area contributed by atoms with Gasteiger partial charge in [0.1, 0.15) is 5.82 Å². The monoisotopic (exact) mass is 304 g/mol. The molecule has 2 rings (SSSR count). The highest BCUT2D eigenvalue weighted by atomic mass is 16.6. The van der Waals surface area contributed by atoms with Crippen molar-refractivity contribution in [3.63, 3.8) is 0 Å². The number of H-pyrrole nitrogens is 1. The number of carbonyl (C=O) groups is 1. The zero-order valence-electron chi connectivity index (χ0n) is 11.2. The lowest BCUT2D eigenvalue weighted by atomic mass is 10.1. The number of nitrogens with zero attached hydrogens (tertiary/aromatic N) is 3. The summed E-state index contributed by atoms with van der Waals surface area (Å²) in [5, 5.41) is 29.6. The highest BCUT2D eigenvalue weighted by molar-refractivity contribution is 5.87. The van der Waals surface area contributed by atoms with Gasteiger partial charge >= 0.3 is 11.7 Å². The number of rotatable bonds is 6. The van der Waals surface area contributed by atoms with Crippen molar-refractivity contribution in [3.05, 3.63) is 52.1 Å². The van der Waals surface area contributed by atoms with Crippen molar-refractivity contribution in [2.45, 2.75) is 12.5 Å². The predicted octanol–water partition coefficient (Wildman–Crippen LogP) is 1.14. The van der Waals surface area contributed by atoms with E-state index in [1.165, 1.54) is 18.3 Å². The molecule has 0 spiro atoms. The van der Waals surface area contributed by atoms with Gasteiger partial charge in [0, 0.05) is 36.7 Å². The molecular formula is C13H12N4O5. The highest BCUT2D eigenvalue weighted by Crippen LogP contribution is 2.28. The third-order valence-corrected chi connectivity index (χ3v) is 2.86. The second-order valence-corrected chi connectivity index (χ2v) is 4.34. The minimum absolute atomic E-state index is 0.0362. The summed E-state index contributed by atoms with van der Waals surface area (Å²) in [4.78, 5) is 31.7. The topological polar surface area (TPSA) is 142 Å². The summed E-state index contributed by atoms with van der Waals surface area (Å²) >= 11 is 0. The van der Waals surface area contributed by atoms with Crippen LogP contribution in [-0.4, -0.2) is 43.3 Å². The summed E-state index contributed by atoms with van der Waals surface area (Å²) in [6.07, 6.45) is 4.19. The van der Waals surface area contributed by atoms with Crippen LogP contribution >= 0.6 is 0 Å². The van der Waals surface area contributed by atoms with Crippen molar-refractivity contribution in [1.29, 1.82) is 0 Å². The van der Waals surface area contributed by atoms with Crippen LogP contribution in [0.4, 0.5) is 5.69 Å². The Bertz CT molecular complexity index is 711. The van der Waals surface area contributed by atoms with Crippen molar-refractivity contribution < 1.29 is 19.9 Å². The predicted molar refractivity (Wildman–Crippen MR) is 76.1 cm³/mol. The van der Waals surface area contributed by atoms with Crippen molar-refractivity contribution in [3.8, 4) is 5.75 Å². The van der Waals surface area contributed by atoms with Crippen LogP contribution in [0.1, 0.15) is 11.4 Å². The van der Waals surface area contributed by atoms with Crippen LogP contribution in [-0.2, 0) is 11.2 Å². The summed E-state index contributed by atoms with van der Waals surface area (Å²) in [7, 11) is 0. The number of aliphatic carboxylic acids is 1. The molecule has 0 aliphatic carbocycles. The fourth-order valence-corrected chi connectivity index (χ4v) is 1.77. The molecule has 0 aliphatic rings. The van der Waals surface area contributed by atoms with E-state index in [1.807, 2.05) is 0 Å². The molecule has 22 heavy (non-hydrogen) atoms. The molecule has 0 fully saturated rings. The Labute approximate surface area is 124 Å². The molecule has 0 amide bonds. The van der Waals surface area contributed by atoms with Crippen molar-refractivity contribution in [2.24, 2.45) is 4.99 Å². The fraction of sp³-hybridized carbons (Fsp3) is 0.154. The first-order valence-corrected chi connectivity index (χ1v) is 6.19. The van der Waals surface area contributed by atoms with E-state index in [2.05, 4.69) is 15.0 Å². The number of hydrogen-bond acceptors (Lipinski definition) is 6. The maximum Gasteiger partial charge on any atom is 0.328 e. The van der Waals surface area contributed by atoms with Gasteiger partial charge in [0.2, 0.25) is 5.75 Å². The number of hydrogen-bond donors (Lipinski definition) is 3. The largest absolute Gasteiger partial charge is 0.502 e. The van der Waals surface area contributed by atoms with Gasteiger partial charge in [-0.3, -0.25) is 15.1 Å². The van der Waals surface area contributed by atoms with Crippen LogP contribution in [0.15, 0.2) is 35.6 Å². The number of nitrogens with one attached hydrogen (secondary N) is 1. The molecule has 0 unspecified atom stereocenters. The molecule has 0 saturated heterocycles. The molecule has 1 atom stereocenters. The van der Waals surface area contributed by atoms with Crippen molar-refractivity contribution in [1.82, 2.24) is 9.97 Å². The summed E-state index contributed by atoms with van der Waals surface area (Å²) in [6, 6.07) is 2.80. The van der Waals surface area contributed by atoms with E-state index in [0.29, 0.717) is 5.82 Å². The van der Waals surface area contributed by atoms with Gasteiger partial charge in [0.25, 0.3) is 0 Å².